The van der Waals surface area contributed by atoms with Gasteiger partial charge in [0.2, 0.25) is 5.91 Å². The number of para-hydroxylation sites is 1. The summed E-state index contributed by atoms with van der Waals surface area (Å²) in [5, 5.41) is 7.35. The number of hydrogen-bond donors (Lipinski definition) is 2. The van der Waals surface area contributed by atoms with Crippen LogP contribution in [-0.2, 0) is 4.79 Å². The van der Waals surface area contributed by atoms with Gasteiger partial charge in [0.25, 0.3) is 5.91 Å². The molecule has 160 valence electrons. The summed E-state index contributed by atoms with van der Waals surface area (Å²) < 4.78 is 0.823. The highest BCUT2D eigenvalue weighted by molar-refractivity contribution is 9.10. The van der Waals surface area contributed by atoms with Crippen molar-refractivity contribution in [3.63, 3.8) is 0 Å². The lowest BCUT2D eigenvalue weighted by molar-refractivity contribution is -0.115. The number of nitrogens with one attached hydrogen (secondary N) is 2. The minimum absolute atomic E-state index is 0.124. The van der Waals surface area contributed by atoms with Gasteiger partial charge in [-0.1, -0.05) is 54.6 Å². The zero-order valence-electron chi connectivity index (χ0n) is 16.8. The third kappa shape index (κ3) is 5.68. The average molecular weight is 523 g/mol. The van der Waals surface area contributed by atoms with Crippen molar-refractivity contribution in [1.29, 1.82) is 0 Å². The number of carbonyl (C=O) groups is 2. The quantitative estimate of drug-likeness (QED) is 0.251. The topological polar surface area (TPSA) is 58.2 Å². The molecule has 0 fully saturated rings. The lowest BCUT2D eigenvalue weighted by Crippen LogP contribution is -2.19. The summed E-state index contributed by atoms with van der Waals surface area (Å²) in [5.74, 6) is -0.269. The van der Waals surface area contributed by atoms with E-state index in [4.69, 9.17) is 0 Å². The first-order valence-electron chi connectivity index (χ1n) is 9.82. The number of thiophene rings is 1. The summed E-state index contributed by atoms with van der Waals surface area (Å²) in [5.41, 5.74) is 2.30. The maximum absolute atomic E-state index is 13.3. The molecule has 0 bridgehead atoms. The molecule has 3 aromatic carbocycles. The molecule has 2 N–H and O–H groups in total. The summed E-state index contributed by atoms with van der Waals surface area (Å²) in [7, 11) is 0. The molecular formula is C25H19BrN2O2S2. The standard InChI is InChI=1S/C25H19BrN2O2S2/c26-20-12-4-5-13-21(20)28-25(30)23(17-8-2-1-3-9-17)32-19-11-6-10-18(16-19)27-24(29)22-14-7-15-31-22/h1-16,23H,(H,27,29)(H,28,30). The number of anilines is 2. The van der Waals surface area contributed by atoms with Gasteiger partial charge in [-0.3, -0.25) is 9.59 Å². The number of thioether (sulfide) groups is 1. The molecular weight excluding hydrogens is 504 g/mol. The minimum Gasteiger partial charge on any atom is -0.324 e. The van der Waals surface area contributed by atoms with E-state index in [2.05, 4.69) is 26.6 Å². The number of benzene rings is 3. The van der Waals surface area contributed by atoms with Crippen LogP contribution in [0.1, 0.15) is 20.5 Å². The molecule has 0 saturated carbocycles. The van der Waals surface area contributed by atoms with Gasteiger partial charge < -0.3 is 10.6 Å². The van der Waals surface area contributed by atoms with Gasteiger partial charge in [-0.05, 0) is 63.3 Å². The highest BCUT2D eigenvalue weighted by Crippen LogP contribution is 2.37. The van der Waals surface area contributed by atoms with Crippen LogP contribution in [0.3, 0.4) is 0 Å². The monoisotopic (exact) mass is 522 g/mol. The predicted octanol–water partition coefficient (Wildman–Crippen LogP) is 7.24. The average Bonchev–Trinajstić information content (AvgIpc) is 3.35. The fraction of sp³-hybridized carbons (Fsp3) is 0.0400. The minimum atomic E-state index is -0.466. The molecule has 0 spiro atoms. The molecule has 2 amide bonds. The van der Waals surface area contributed by atoms with E-state index in [1.807, 2.05) is 90.3 Å². The van der Waals surface area contributed by atoms with Crippen molar-refractivity contribution in [2.24, 2.45) is 0 Å². The molecule has 0 saturated heterocycles. The molecule has 1 unspecified atom stereocenters. The Kier molecular flexibility index (Phi) is 7.42. The molecule has 1 aromatic heterocycles. The Morgan fingerprint density at radius 2 is 1.62 bits per heavy atom. The van der Waals surface area contributed by atoms with Crippen molar-refractivity contribution >= 4 is 62.2 Å². The molecule has 4 rings (SSSR count). The first kappa shape index (κ1) is 22.3. The Hall–Kier alpha value is -2.87. The Balaban J connectivity index is 1.55. The number of hydrogen-bond acceptors (Lipinski definition) is 4. The van der Waals surface area contributed by atoms with E-state index in [1.165, 1.54) is 23.1 Å². The maximum Gasteiger partial charge on any atom is 0.265 e. The second kappa shape index (κ2) is 10.6. The van der Waals surface area contributed by atoms with Gasteiger partial charge in [0.15, 0.2) is 0 Å². The van der Waals surface area contributed by atoms with Crippen molar-refractivity contribution < 1.29 is 9.59 Å². The van der Waals surface area contributed by atoms with Crippen LogP contribution in [0.25, 0.3) is 0 Å². The van der Waals surface area contributed by atoms with Crippen LogP contribution >= 0.6 is 39.0 Å². The summed E-state index contributed by atoms with van der Waals surface area (Å²) in [4.78, 5) is 27.2. The lowest BCUT2D eigenvalue weighted by atomic mass is 10.1. The zero-order chi connectivity index (χ0) is 22.3. The Bertz CT molecular complexity index is 1210. The molecule has 4 nitrogen and oxygen atoms in total. The zero-order valence-corrected chi connectivity index (χ0v) is 20.0. The van der Waals surface area contributed by atoms with E-state index in [0.717, 1.165) is 20.6 Å². The van der Waals surface area contributed by atoms with Crippen molar-refractivity contribution in [3.05, 3.63) is 111 Å². The predicted molar refractivity (Wildman–Crippen MR) is 137 cm³/mol. The molecule has 4 aromatic rings. The Morgan fingerprint density at radius 3 is 2.38 bits per heavy atom. The van der Waals surface area contributed by atoms with Crippen LogP contribution < -0.4 is 10.6 Å². The molecule has 1 heterocycles. The van der Waals surface area contributed by atoms with Crippen LogP contribution in [0.15, 0.2) is 106 Å². The van der Waals surface area contributed by atoms with Crippen molar-refractivity contribution in [1.82, 2.24) is 0 Å². The summed E-state index contributed by atoms with van der Waals surface area (Å²) >= 11 is 6.32. The highest BCUT2D eigenvalue weighted by Gasteiger charge is 2.23. The van der Waals surface area contributed by atoms with Crippen molar-refractivity contribution in [2.75, 3.05) is 10.6 Å². The van der Waals surface area contributed by atoms with Gasteiger partial charge in [0, 0.05) is 15.1 Å². The second-order valence-corrected chi connectivity index (χ2v) is 9.82. The summed E-state index contributed by atoms with van der Waals surface area (Å²) in [6, 6.07) is 28.4. The van der Waals surface area contributed by atoms with Gasteiger partial charge in [-0.2, -0.15) is 0 Å². The second-order valence-electron chi connectivity index (χ2n) is 6.84. The molecule has 32 heavy (non-hydrogen) atoms. The summed E-state index contributed by atoms with van der Waals surface area (Å²) in [6.07, 6.45) is 0. The molecule has 0 aliphatic rings. The van der Waals surface area contributed by atoms with E-state index >= 15 is 0 Å². The Morgan fingerprint density at radius 1 is 0.844 bits per heavy atom. The fourth-order valence-corrected chi connectivity index (χ4v) is 5.13. The fourth-order valence-electron chi connectivity index (χ4n) is 3.05. The van der Waals surface area contributed by atoms with E-state index in [1.54, 1.807) is 6.07 Å². The SMILES string of the molecule is O=C(Nc1cccc(SC(C(=O)Nc2ccccc2Br)c2ccccc2)c1)c1cccs1. The first-order chi connectivity index (χ1) is 15.6. The number of halogens is 1. The van der Waals surface area contributed by atoms with E-state index in [-0.39, 0.29) is 11.8 Å². The Labute approximate surface area is 203 Å². The third-order valence-corrected chi connectivity index (χ3v) is 7.37. The number of rotatable bonds is 7. The van der Waals surface area contributed by atoms with Crippen LogP contribution in [0.2, 0.25) is 0 Å². The van der Waals surface area contributed by atoms with Crippen LogP contribution in [-0.4, -0.2) is 11.8 Å². The van der Waals surface area contributed by atoms with Crippen molar-refractivity contribution in [3.8, 4) is 0 Å². The summed E-state index contributed by atoms with van der Waals surface area (Å²) in [6.45, 7) is 0. The van der Waals surface area contributed by atoms with Gasteiger partial charge in [-0.25, -0.2) is 0 Å². The van der Waals surface area contributed by atoms with E-state index < -0.39 is 5.25 Å². The smallest absolute Gasteiger partial charge is 0.265 e. The normalized spacial score (nSPS) is 11.5. The van der Waals surface area contributed by atoms with Crippen LogP contribution in [0, 0.1) is 0 Å². The number of carbonyl (C=O) groups excluding carboxylic acids is 2. The van der Waals surface area contributed by atoms with Gasteiger partial charge in [-0.15, -0.1) is 23.1 Å². The van der Waals surface area contributed by atoms with Gasteiger partial charge in [0.1, 0.15) is 5.25 Å². The first-order valence-corrected chi connectivity index (χ1v) is 12.4. The molecule has 0 radical (unpaired) electrons. The maximum atomic E-state index is 13.3. The largest absolute Gasteiger partial charge is 0.324 e. The van der Waals surface area contributed by atoms with E-state index in [9.17, 15) is 9.59 Å². The van der Waals surface area contributed by atoms with Crippen LogP contribution in [0.4, 0.5) is 11.4 Å². The van der Waals surface area contributed by atoms with Crippen molar-refractivity contribution in [2.45, 2.75) is 10.1 Å². The molecule has 7 heteroatoms. The molecule has 0 aliphatic heterocycles. The highest BCUT2D eigenvalue weighted by atomic mass is 79.9. The third-order valence-electron chi connectivity index (χ3n) is 4.56. The van der Waals surface area contributed by atoms with Gasteiger partial charge in [0.05, 0.1) is 10.6 Å². The molecule has 0 aliphatic carbocycles. The lowest BCUT2D eigenvalue weighted by Gasteiger charge is -2.18. The van der Waals surface area contributed by atoms with Crippen LogP contribution in [0.5, 0.6) is 0 Å². The number of amides is 2. The van der Waals surface area contributed by atoms with E-state index in [0.29, 0.717) is 10.6 Å². The molecule has 1 atom stereocenters. The van der Waals surface area contributed by atoms with Gasteiger partial charge >= 0.3 is 0 Å².